The topological polar surface area (TPSA) is 29.5 Å². The van der Waals surface area contributed by atoms with Crippen LogP contribution in [0.1, 0.15) is 36.1 Å². The summed E-state index contributed by atoms with van der Waals surface area (Å²) in [7, 11) is 0. The lowest BCUT2D eigenvalue weighted by Crippen LogP contribution is -2.05. The van der Waals surface area contributed by atoms with Crippen molar-refractivity contribution >= 4 is 11.6 Å². The summed E-state index contributed by atoms with van der Waals surface area (Å²) < 4.78 is 5.70. The molecule has 106 valence electrons. The molecule has 0 saturated heterocycles. The molecule has 0 spiro atoms. The summed E-state index contributed by atoms with van der Waals surface area (Å²) in [4.78, 5) is 0. The molecule has 2 rings (SSSR count). The standard InChI is InChI=1S/C17H19ClO2/c1-3-10-20-16-7-5-4-6-14(16)17(19)13-8-9-15(18)12(2)11-13/h4-9,11,17,19H,3,10H2,1-2H3. The Morgan fingerprint density at radius 3 is 2.65 bits per heavy atom. The summed E-state index contributed by atoms with van der Waals surface area (Å²) in [5.74, 6) is 0.731. The number of aryl methyl sites for hydroxylation is 1. The Bertz CT molecular complexity index is 581. The minimum Gasteiger partial charge on any atom is -0.493 e. The number of aliphatic hydroxyl groups is 1. The van der Waals surface area contributed by atoms with E-state index >= 15 is 0 Å². The van der Waals surface area contributed by atoms with Gasteiger partial charge in [0.05, 0.1) is 6.61 Å². The van der Waals surface area contributed by atoms with Gasteiger partial charge in [0.15, 0.2) is 0 Å². The quantitative estimate of drug-likeness (QED) is 0.877. The number of aliphatic hydroxyl groups excluding tert-OH is 1. The Balaban J connectivity index is 2.32. The predicted octanol–water partition coefficient (Wildman–Crippen LogP) is 4.52. The van der Waals surface area contributed by atoms with Crippen molar-refractivity contribution in [3.8, 4) is 5.75 Å². The van der Waals surface area contributed by atoms with Gasteiger partial charge in [0.25, 0.3) is 0 Å². The number of hydrogen-bond donors (Lipinski definition) is 1. The van der Waals surface area contributed by atoms with Crippen molar-refractivity contribution in [3.05, 3.63) is 64.2 Å². The van der Waals surface area contributed by atoms with Crippen LogP contribution in [0.15, 0.2) is 42.5 Å². The van der Waals surface area contributed by atoms with E-state index in [9.17, 15) is 5.11 Å². The van der Waals surface area contributed by atoms with E-state index < -0.39 is 6.10 Å². The second kappa shape index (κ2) is 6.78. The van der Waals surface area contributed by atoms with E-state index in [1.165, 1.54) is 0 Å². The number of hydrogen-bond acceptors (Lipinski definition) is 2. The highest BCUT2D eigenvalue weighted by Gasteiger charge is 2.15. The lowest BCUT2D eigenvalue weighted by molar-refractivity contribution is 0.210. The van der Waals surface area contributed by atoms with E-state index in [2.05, 4.69) is 6.92 Å². The summed E-state index contributed by atoms with van der Waals surface area (Å²) in [6.45, 7) is 4.63. The summed E-state index contributed by atoms with van der Waals surface area (Å²) in [6, 6.07) is 13.1. The Morgan fingerprint density at radius 2 is 1.95 bits per heavy atom. The van der Waals surface area contributed by atoms with Crippen LogP contribution in [0.2, 0.25) is 5.02 Å². The van der Waals surface area contributed by atoms with E-state index in [1.807, 2.05) is 49.4 Å². The maximum atomic E-state index is 10.6. The average molecular weight is 291 g/mol. The molecule has 0 aromatic heterocycles. The zero-order chi connectivity index (χ0) is 14.5. The smallest absolute Gasteiger partial charge is 0.125 e. The molecule has 0 bridgehead atoms. The van der Waals surface area contributed by atoms with Gasteiger partial charge in [-0.3, -0.25) is 0 Å². The van der Waals surface area contributed by atoms with Gasteiger partial charge in [-0.25, -0.2) is 0 Å². The predicted molar refractivity (Wildman–Crippen MR) is 82.5 cm³/mol. The highest BCUT2D eigenvalue weighted by molar-refractivity contribution is 6.31. The first-order chi connectivity index (χ1) is 9.63. The molecule has 0 aliphatic rings. The zero-order valence-corrected chi connectivity index (χ0v) is 12.5. The van der Waals surface area contributed by atoms with Crippen LogP contribution in [-0.2, 0) is 0 Å². The number of benzene rings is 2. The molecule has 3 heteroatoms. The molecule has 0 heterocycles. The molecule has 0 aliphatic heterocycles. The van der Waals surface area contributed by atoms with E-state index in [-0.39, 0.29) is 0 Å². The van der Waals surface area contributed by atoms with Gasteiger partial charge in [-0.15, -0.1) is 0 Å². The second-order valence-corrected chi connectivity index (χ2v) is 5.20. The van der Waals surface area contributed by atoms with Crippen molar-refractivity contribution in [2.24, 2.45) is 0 Å². The minimum atomic E-state index is -0.709. The molecule has 0 saturated carbocycles. The van der Waals surface area contributed by atoms with Crippen LogP contribution >= 0.6 is 11.6 Å². The zero-order valence-electron chi connectivity index (χ0n) is 11.8. The molecule has 2 aromatic carbocycles. The molecular formula is C17H19ClO2. The molecule has 1 N–H and O–H groups in total. The first-order valence-corrected chi connectivity index (χ1v) is 7.17. The Morgan fingerprint density at radius 1 is 1.20 bits per heavy atom. The molecule has 0 fully saturated rings. The molecule has 20 heavy (non-hydrogen) atoms. The number of para-hydroxylation sites is 1. The highest BCUT2D eigenvalue weighted by Crippen LogP contribution is 2.31. The fourth-order valence-corrected chi connectivity index (χ4v) is 2.18. The largest absolute Gasteiger partial charge is 0.493 e. The summed E-state index contributed by atoms with van der Waals surface area (Å²) in [5.41, 5.74) is 2.55. The van der Waals surface area contributed by atoms with Crippen molar-refractivity contribution in [2.45, 2.75) is 26.4 Å². The third kappa shape index (κ3) is 3.33. The summed E-state index contributed by atoms with van der Waals surface area (Å²) in [6.07, 6.45) is 0.226. The molecule has 0 aliphatic carbocycles. The van der Waals surface area contributed by atoms with E-state index in [1.54, 1.807) is 0 Å². The van der Waals surface area contributed by atoms with Crippen LogP contribution in [0.5, 0.6) is 5.75 Å². The van der Waals surface area contributed by atoms with Gasteiger partial charge in [0, 0.05) is 10.6 Å². The average Bonchev–Trinajstić information content (AvgIpc) is 2.47. The maximum Gasteiger partial charge on any atom is 0.125 e. The lowest BCUT2D eigenvalue weighted by Gasteiger charge is -2.17. The maximum absolute atomic E-state index is 10.6. The van der Waals surface area contributed by atoms with Gasteiger partial charge in [-0.05, 0) is 36.6 Å². The Labute approximate surface area is 125 Å². The third-order valence-corrected chi connectivity index (χ3v) is 3.60. The Kier molecular flexibility index (Phi) is 5.05. The third-order valence-electron chi connectivity index (χ3n) is 3.17. The minimum absolute atomic E-state index is 0.642. The molecular weight excluding hydrogens is 272 g/mol. The van der Waals surface area contributed by atoms with Gasteiger partial charge in [-0.2, -0.15) is 0 Å². The molecule has 1 atom stereocenters. The fourth-order valence-electron chi connectivity index (χ4n) is 2.07. The summed E-state index contributed by atoms with van der Waals surface area (Å²) in [5, 5.41) is 11.3. The van der Waals surface area contributed by atoms with Crippen molar-refractivity contribution in [3.63, 3.8) is 0 Å². The van der Waals surface area contributed by atoms with E-state index in [0.717, 1.165) is 28.9 Å². The van der Waals surface area contributed by atoms with Crippen LogP contribution in [0.3, 0.4) is 0 Å². The van der Waals surface area contributed by atoms with Crippen molar-refractivity contribution in [1.29, 1.82) is 0 Å². The molecule has 0 amide bonds. The number of rotatable bonds is 5. The van der Waals surface area contributed by atoms with Crippen LogP contribution in [-0.4, -0.2) is 11.7 Å². The first-order valence-electron chi connectivity index (χ1n) is 6.79. The summed E-state index contributed by atoms with van der Waals surface area (Å²) >= 11 is 6.02. The number of ether oxygens (including phenoxy) is 1. The van der Waals surface area contributed by atoms with Gasteiger partial charge >= 0.3 is 0 Å². The van der Waals surface area contributed by atoms with Crippen molar-refractivity contribution < 1.29 is 9.84 Å². The van der Waals surface area contributed by atoms with Crippen LogP contribution in [0.25, 0.3) is 0 Å². The van der Waals surface area contributed by atoms with Gasteiger partial charge in [0.2, 0.25) is 0 Å². The van der Waals surface area contributed by atoms with E-state index in [4.69, 9.17) is 16.3 Å². The Hall–Kier alpha value is -1.51. The molecule has 2 aromatic rings. The first kappa shape index (κ1) is 14.9. The van der Waals surface area contributed by atoms with Gasteiger partial charge in [-0.1, -0.05) is 48.9 Å². The fraction of sp³-hybridized carbons (Fsp3) is 0.294. The second-order valence-electron chi connectivity index (χ2n) is 4.80. The van der Waals surface area contributed by atoms with Crippen molar-refractivity contribution in [2.75, 3.05) is 6.61 Å². The molecule has 2 nitrogen and oxygen atoms in total. The van der Waals surface area contributed by atoms with Crippen LogP contribution in [0, 0.1) is 6.92 Å². The normalized spacial score (nSPS) is 12.2. The monoisotopic (exact) mass is 290 g/mol. The SMILES string of the molecule is CCCOc1ccccc1C(O)c1ccc(Cl)c(C)c1. The van der Waals surface area contributed by atoms with Crippen LogP contribution in [0.4, 0.5) is 0 Å². The van der Waals surface area contributed by atoms with Gasteiger partial charge < -0.3 is 9.84 Å². The molecule has 0 radical (unpaired) electrons. The molecule has 1 unspecified atom stereocenters. The lowest BCUT2D eigenvalue weighted by atomic mass is 9.99. The van der Waals surface area contributed by atoms with Gasteiger partial charge in [0.1, 0.15) is 11.9 Å². The highest BCUT2D eigenvalue weighted by atomic mass is 35.5. The van der Waals surface area contributed by atoms with Crippen molar-refractivity contribution in [1.82, 2.24) is 0 Å². The van der Waals surface area contributed by atoms with E-state index in [0.29, 0.717) is 11.6 Å². The van der Waals surface area contributed by atoms with Crippen LogP contribution < -0.4 is 4.74 Å². The number of halogens is 1.